The summed E-state index contributed by atoms with van der Waals surface area (Å²) in [5.41, 5.74) is 1.86. The Morgan fingerprint density at radius 1 is 1.32 bits per heavy atom. The molecule has 1 aliphatic carbocycles. The number of rotatable bonds is 6. The first kappa shape index (κ1) is 17.4. The molecule has 1 aliphatic rings. The van der Waals surface area contributed by atoms with Gasteiger partial charge in [0.05, 0.1) is 17.7 Å². The van der Waals surface area contributed by atoms with Gasteiger partial charge in [-0.2, -0.15) is 0 Å². The van der Waals surface area contributed by atoms with Gasteiger partial charge >= 0.3 is 0 Å². The van der Waals surface area contributed by atoms with E-state index in [1.807, 2.05) is 30.3 Å². The second kappa shape index (κ2) is 7.61. The minimum atomic E-state index is -0.294. The number of nitrogens with zero attached hydrogens (tertiary/aromatic N) is 1. The smallest absolute Gasteiger partial charge is 0.222 e. The summed E-state index contributed by atoms with van der Waals surface area (Å²) in [4.78, 5) is 27.7. The fraction of sp³-hybridized carbons (Fsp3) is 0.421. The normalized spacial score (nSPS) is 20.6. The molecule has 0 saturated heterocycles. The number of carbonyl (C=O) groups excluding carboxylic acids is 2. The lowest BCUT2D eigenvalue weighted by molar-refractivity contribution is -0.123. The minimum absolute atomic E-state index is 0.117. The molecule has 25 heavy (non-hydrogen) atoms. The number of carbonyl (C=O) groups is 2. The van der Waals surface area contributed by atoms with Gasteiger partial charge in [-0.15, -0.1) is 0 Å². The predicted octanol–water partition coefficient (Wildman–Crippen LogP) is 1.69. The molecule has 3 N–H and O–H groups in total. The number of amides is 2. The molecule has 132 valence electrons. The van der Waals surface area contributed by atoms with Crippen molar-refractivity contribution in [3.05, 3.63) is 42.1 Å². The lowest BCUT2D eigenvalue weighted by Gasteiger charge is -2.38. The zero-order valence-corrected chi connectivity index (χ0v) is 14.2. The van der Waals surface area contributed by atoms with E-state index >= 15 is 0 Å². The van der Waals surface area contributed by atoms with Crippen LogP contribution in [0.2, 0.25) is 0 Å². The molecule has 1 aromatic heterocycles. The maximum atomic E-state index is 12.3. The number of hydrogen-bond donors (Lipinski definition) is 3. The Hall–Kier alpha value is -2.47. The van der Waals surface area contributed by atoms with E-state index in [1.54, 1.807) is 6.20 Å². The monoisotopic (exact) mass is 341 g/mol. The Balaban J connectivity index is 1.74. The maximum absolute atomic E-state index is 12.3. The molecule has 0 radical (unpaired) electrons. The van der Waals surface area contributed by atoms with Crippen LogP contribution < -0.4 is 10.6 Å². The number of para-hydroxylation sites is 1. The van der Waals surface area contributed by atoms with E-state index in [2.05, 4.69) is 15.6 Å². The minimum Gasteiger partial charge on any atom is -0.393 e. The zero-order valence-electron chi connectivity index (χ0n) is 14.2. The molecule has 6 heteroatoms. The van der Waals surface area contributed by atoms with Crippen LogP contribution in [0.4, 0.5) is 0 Å². The first-order chi connectivity index (χ1) is 12.0. The molecule has 2 amide bonds. The van der Waals surface area contributed by atoms with Crippen LogP contribution in [-0.4, -0.2) is 34.6 Å². The second-order valence-electron chi connectivity index (χ2n) is 6.62. The molecule has 1 atom stereocenters. The number of hydrogen-bond acceptors (Lipinski definition) is 4. The van der Waals surface area contributed by atoms with E-state index in [0.29, 0.717) is 19.4 Å². The SMILES string of the molecule is CC(=O)NCCC(=O)NC(c1cnc2ccccc2c1)C1CC(O)C1. The highest BCUT2D eigenvalue weighted by Gasteiger charge is 2.35. The number of nitrogens with one attached hydrogen (secondary N) is 2. The van der Waals surface area contributed by atoms with Gasteiger partial charge in [-0.05, 0) is 36.5 Å². The summed E-state index contributed by atoms with van der Waals surface area (Å²) >= 11 is 0. The third kappa shape index (κ3) is 4.33. The van der Waals surface area contributed by atoms with Crippen molar-refractivity contribution >= 4 is 22.7 Å². The van der Waals surface area contributed by atoms with Crippen molar-refractivity contribution in [1.29, 1.82) is 0 Å². The summed E-state index contributed by atoms with van der Waals surface area (Å²) in [6.45, 7) is 1.74. The summed E-state index contributed by atoms with van der Waals surface area (Å²) in [5.74, 6) is -0.0684. The summed E-state index contributed by atoms with van der Waals surface area (Å²) in [5, 5.41) is 16.4. The topological polar surface area (TPSA) is 91.3 Å². The molecule has 2 aromatic rings. The van der Waals surface area contributed by atoms with E-state index in [9.17, 15) is 14.7 Å². The Bertz CT molecular complexity index is 771. The molecular weight excluding hydrogens is 318 g/mol. The van der Waals surface area contributed by atoms with Crippen LogP contribution in [0.25, 0.3) is 10.9 Å². The average Bonchev–Trinajstić information content (AvgIpc) is 2.56. The molecular formula is C19H23N3O3. The van der Waals surface area contributed by atoms with E-state index in [1.165, 1.54) is 6.92 Å². The number of fused-ring (bicyclic) bond motifs is 1. The second-order valence-corrected chi connectivity index (χ2v) is 6.62. The Labute approximate surface area is 146 Å². The van der Waals surface area contributed by atoms with E-state index in [4.69, 9.17) is 0 Å². The third-order valence-corrected chi connectivity index (χ3v) is 4.63. The average molecular weight is 341 g/mol. The number of pyridine rings is 1. The lowest BCUT2D eigenvalue weighted by atomic mass is 9.75. The fourth-order valence-corrected chi connectivity index (χ4v) is 3.23. The van der Waals surface area contributed by atoms with Crippen molar-refractivity contribution < 1.29 is 14.7 Å². The molecule has 1 saturated carbocycles. The number of aliphatic hydroxyl groups is 1. The van der Waals surface area contributed by atoms with Gasteiger partial charge in [0.1, 0.15) is 0 Å². The molecule has 0 aliphatic heterocycles. The van der Waals surface area contributed by atoms with Crippen molar-refractivity contribution in [3.8, 4) is 0 Å². The van der Waals surface area contributed by atoms with Crippen LogP contribution in [-0.2, 0) is 9.59 Å². The summed E-state index contributed by atoms with van der Waals surface area (Å²) in [6, 6.07) is 9.72. The number of benzene rings is 1. The first-order valence-electron chi connectivity index (χ1n) is 8.59. The highest BCUT2D eigenvalue weighted by molar-refractivity contribution is 5.80. The van der Waals surface area contributed by atoms with Gasteiger partial charge in [0.25, 0.3) is 0 Å². The predicted molar refractivity (Wildman–Crippen MR) is 94.7 cm³/mol. The molecule has 1 aromatic carbocycles. The van der Waals surface area contributed by atoms with Gasteiger partial charge in [0.2, 0.25) is 11.8 Å². The van der Waals surface area contributed by atoms with E-state index < -0.39 is 0 Å². The van der Waals surface area contributed by atoms with Crippen LogP contribution >= 0.6 is 0 Å². The Morgan fingerprint density at radius 2 is 2.08 bits per heavy atom. The molecule has 1 fully saturated rings. The first-order valence-corrected chi connectivity index (χ1v) is 8.59. The van der Waals surface area contributed by atoms with E-state index in [-0.39, 0.29) is 36.3 Å². The van der Waals surface area contributed by atoms with Crippen molar-refractivity contribution in [2.24, 2.45) is 5.92 Å². The van der Waals surface area contributed by atoms with Gasteiger partial charge < -0.3 is 15.7 Å². The number of aliphatic hydroxyl groups excluding tert-OH is 1. The Kier molecular flexibility index (Phi) is 5.28. The highest BCUT2D eigenvalue weighted by atomic mass is 16.3. The third-order valence-electron chi connectivity index (χ3n) is 4.63. The van der Waals surface area contributed by atoms with Crippen LogP contribution in [0.5, 0.6) is 0 Å². The zero-order chi connectivity index (χ0) is 17.8. The molecule has 0 spiro atoms. The van der Waals surface area contributed by atoms with Crippen LogP contribution in [0.15, 0.2) is 36.5 Å². The van der Waals surface area contributed by atoms with Crippen LogP contribution in [0.3, 0.4) is 0 Å². The van der Waals surface area contributed by atoms with Crippen LogP contribution in [0.1, 0.15) is 37.8 Å². The van der Waals surface area contributed by atoms with Gasteiger partial charge in [-0.3, -0.25) is 14.6 Å². The largest absolute Gasteiger partial charge is 0.393 e. The van der Waals surface area contributed by atoms with Crippen molar-refractivity contribution in [2.75, 3.05) is 6.54 Å². The summed E-state index contributed by atoms with van der Waals surface area (Å²) in [7, 11) is 0. The van der Waals surface area contributed by atoms with Crippen molar-refractivity contribution in [1.82, 2.24) is 15.6 Å². The fourth-order valence-electron chi connectivity index (χ4n) is 3.23. The molecule has 1 unspecified atom stereocenters. The van der Waals surface area contributed by atoms with Crippen LogP contribution in [0, 0.1) is 5.92 Å². The molecule has 1 heterocycles. The molecule has 0 bridgehead atoms. The van der Waals surface area contributed by atoms with Crippen molar-refractivity contribution in [2.45, 2.75) is 38.3 Å². The maximum Gasteiger partial charge on any atom is 0.222 e. The lowest BCUT2D eigenvalue weighted by Crippen LogP contribution is -2.42. The Morgan fingerprint density at radius 3 is 2.80 bits per heavy atom. The van der Waals surface area contributed by atoms with Gasteiger partial charge in [0.15, 0.2) is 0 Å². The molecule has 6 nitrogen and oxygen atoms in total. The quantitative estimate of drug-likeness (QED) is 0.746. The van der Waals surface area contributed by atoms with Gasteiger partial charge in [0, 0.05) is 31.5 Å². The summed E-state index contributed by atoms with van der Waals surface area (Å²) < 4.78 is 0. The van der Waals surface area contributed by atoms with Gasteiger partial charge in [-0.25, -0.2) is 0 Å². The summed E-state index contributed by atoms with van der Waals surface area (Å²) in [6.07, 6.45) is 3.07. The van der Waals surface area contributed by atoms with Crippen molar-refractivity contribution in [3.63, 3.8) is 0 Å². The highest BCUT2D eigenvalue weighted by Crippen LogP contribution is 2.38. The number of aromatic nitrogens is 1. The van der Waals surface area contributed by atoms with E-state index in [0.717, 1.165) is 16.5 Å². The molecule has 3 rings (SSSR count). The van der Waals surface area contributed by atoms with Gasteiger partial charge in [-0.1, -0.05) is 18.2 Å². The standard InChI is InChI=1S/C19H23N3O3/c1-12(23)20-7-6-18(25)22-19(14-9-16(24)10-14)15-8-13-4-2-3-5-17(13)21-11-15/h2-5,8,11,14,16,19,24H,6-7,9-10H2,1H3,(H,20,23)(H,22,25).